The fourth-order valence-electron chi connectivity index (χ4n) is 1.75. The van der Waals surface area contributed by atoms with Gasteiger partial charge >= 0.3 is 0 Å². The quantitative estimate of drug-likeness (QED) is 0.736. The summed E-state index contributed by atoms with van der Waals surface area (Å²) in [6.07, 6.45) is 0. The predicted molar refractivity (Wildman–Crippen MR) is 65.4 cm³/mol. The van der Waals surface area contributed by atoms with Crippen molar-refractivity contribution in [1.29, 1.82) is 5.26 Å². The summed E-state index contributed by atoms with van der Waals surface area (Å²) in [5.41, 5.74) is 1.76. The largest absolute Gasteiger partial charge is 0.347 e. The van der Waals surface area contributed by atoms with E-state index in [1.54, 1.807) is 16.8 Å². The molecule has 2 rings (SSSR count). The number of carbonyl (C=O) groups excluding carboxylic acids is 1. The molecule has 16 heavy (non-hydrogen) atoms. The van der Waals surface area contributed by atoms with Crippen molar-refractivity contribution in [2.24, 2.45) is 0 Å². The molecule has 0 bridgehead atoms. The van der Waals surface area contributed by atoms with Gasteiger partial charge in [-0.1, -0.05) is 15.9 Å². The van der Waals surface area contributed by atoms with Gasteiger partial charge in [-0.3, -0.25) is 4.79 Å². The molecule has 0 fully saturated rings. The number of anilines is 2. The van der Waals surface area contributed by atoms with E-state index in [9.17, 15) is 4.79 Å². The molecule has 82 valence electrons. The third-order valence-corrected chi connectivity index (χ3v) is 3.09. The van der Waals surface area contributed by atoms with Gasteiger partial charge in [-0.2, -0.15) is 5.26 Å². The second kappa shape index (κ2) is 4.14. The van der Waals surface area contributed by atoms with Gasteiger partial charge in [-0.15, -0.1) is 0 Å². The van der Waals surface area contributed by atoms with Gasteiger partial charge in [-0.25, -0.2) is 0 Å². The minimum Gasteiger partial charge on any atom is -0.347 e. The first-order valence-electron chi connectivity index (χ1n) is 4.81. The van der Waals surface area contributed by atoms with Gasteiger partial charge in [0.1, 0.15) is 6.54 Å². The number of amides is 1. The first-order chi connectivity index (χ1) is 7.63. The Morgan fingerprint density at radius 1 is 1.50 bits per heavy atom. The molecule has 1 aromatic carbocycles. The summed E-state index contributed by atoms with van der Waals surface area (Å²) in [5, 5.41) is 8.74. The normalized spacial score (nSPS) is 14.7. The Hall–Kier alpha value is -1.54. The number of nitriles is 1. The summed E-state index contributed by atoms with van der Waals surface area (Å²) < 4.78 is 0.942. The Bertz CT molecular complexity index is 481. The lowest BCUT2D eigenvalue weighted by molar-refractivity contribution is -0.117. The van der Waals surface area contributed by atoms with E-state index in [1.807, 2.05) is 18.2 Å². The number of hydrogen-bond donors (Lipinski definition) is 0. The van der Waals surface area contributed by atoms with E-state index >= 15 is 0 Å². The van der Waals surface area contributed by atoms with Crippen LogP contribution in [0.3, 0.4) is 0 Å². The smallest absolute Gasteiger partial charge is 0.246 e. The zero-order valence-corrected chi connectivity index (χ0v) is 10.4. The summed E-state index contributed by atoms with van der Waals surface area (Å²) >= 11 is 3.39. The van der Waals surface area contributed by atoms with Gasteiger partial charge < -0.3 is 9.80 Å². The molecule has 0 radical (unpaired) electrons. The van der Waals surface area contributed by atoms with Gasteiger partial charge in [0.05, 0.1) is 24.0 Å². The van der Waals surface area contributed by atoms with Crippen LogP contribution in [0.4, 0.5) is 11.4 Å². The van der Waals surface area contributed by atoms with Crippen LogP contribution in [0.25, 0.3) is 0 Å². The highest BCUT2D eigenvalue weighted by Gasteiger charge is 2.26. The molecule has 0 unspecified atom stereocenters. The number of carbonyl (C=O) groups is 1. The zero-order valence-electron chi connectivity index (χ0n) is 8.77. The maximum atomic E-state index is 11.7. The minimum absolute atomic E-state index is 0.00470. The van der Waals surface area contributed by atoms with Crippen molar-refractivity contribution in [1.82, 2.24) is 0 Å². The van der Waals surface area contributed by atoms with E-state index in [4.69, 9.17) is 5.26 Å². The Balaban J connectivity index is 2.50. The van der Waals surface area contributed by atoms with Crippen molar-refractivity contribution >= 4 is 33.2 Å². The summed E-state index contributed by atoms with van der Waals surface area (Å²) in [4.78, 5) is 15.1. The number of halogens is 1. The Kier molecular flexibility index (Phi) is 2.84. The maximum Gasteiger partial charge on any atom is 0.246 e. The number of nitrogens with zero attached hydrogens (tertiary/aromatic N) is 3. The zero-order chi connectivity index (χ0) is 11.7. The number of likely N-dealkylation sites (N-methyl/N-ethyl adjacent to an activating group) is 1. The molecular formula is C11H10BrN3O. The van der Waals surface area contributed by atoms with Crippen LogP contribution in [0.2, 0.25) is 0 Å². The third kappa shape index (κ3) is 1.76. The van der Waals surface area contributed by atoms with Crippen LogP contribution < -0.4 is 9.80 Å². The van der Waals surface area contributed by atoms with E-state index < -0.39 is 0 Å². The SMILES string of the molecule is CN1C(=O)CN(CC#N)c2cc(Br)ccc21. The average molecular weight is 280 g/mol. The molecule has 0 spiro atoms. The van der Waals surface area contributed by atoms with Crippen molar-refractivity contribution < 1.29 is 4.79 Å². The second-order valence-electron chi connectivity index (χ2n) is 3.60. The number of rotatable bonds is 1. The monoisotopic (exact) mass is 279 g/mol. The fraction of sp³-hybridized carbons (Fsp3) is 0.273. The predicted octanol–water partition coefficient (Wildman–Crippen LogP) is 1.76. The first kappa shape index (κ1) is 11.0. The van der Waals surface area contributed by atoms with E-state index in [0.29, 0.717) is 0 Å². The highest BCUT2D eigenvalue weighted by molar-refractivity contribution is 9.10. The molecule has 0 saturated carbocycles. The summed E-state index contributed by atoms with van der Waals surface area (Å²) in [6.45, 7) is 0.483. The van der Waals surface area contributed by atoms with E-state index in [1.165, 1.54) is 0 Å². The van der Waals surface area contributed by atoms with Gasteiger partial charge in [-0.05, 0) is 18.2 Å². The van der Waals surface area contributed by atoms with E-state index in [-0.39, 0.29) is 19.0 Å². The van der Waals surface area contributed by atoms with Crippen molar-refractivity contribution in [3.05, 3.63) is 22.7 Å². The molecular weight excluding hydrogens is 270 g/mol. The maximum absolute atomic E-state index is 11.7. The summed E-state index contributed by atoms with van der Waals surface area (Å²) in [6, 6.07) is 7.76. The Labute approximate surface area is 102 Å². The lowest BCUT2D eigenvalue weighted by Crippen LogP contribution is -2.44. The van der Waals surface area contributed by atoms with Crippen molar-refractivity contribution in [3.63, 3.8) is 0 Å². The highest BCUT2D eigenvalue weighted by atomic mass is 79.9. The molecule has 0 aromatic heterocycles. The molecule has 1 aromatic rings. The van der Waals surface area contributed by atoms with Gasteiger partial charge in [0, 0.05) is 11.5 Å². The van der Waals surface area contributed by atoms with Gasteiger partial charge in [0.15, 0.2) is 0 Å². The molecule has 1 aliphatic rings. The van der Waals surface area contributed by atoms with Crippen molar-refractivity contribution in [2.75, 3.05) is 29.9 Å². The first-order valence-corrected chi connectivity index (χ1v) is 5.61. The van der Waals surface area contributed by atoms with Crippen molar-refractivity contribution in [2.45, 2.75) is 0 Å². The summed E-state index contributed by atoms with van der Waals surface area (Å²) in [7, 11) is 1.75. The van der Waals surface area contributed by atoms with E-state index in [0.717, 1.165) is 15.8 Å². The molecule has 1 aliphatic heterocycles. The van der Waals surface area contributed by atoms with Crippen LogP contribution in [-0.2, 0) is 4.79 Å². The molecule has 5 heteroatoms. The van der Waals surface area contributed by atoms with Crippen LogP contribution >= 0.6 is 15.9 Å². The Morgan fingerprint density at radius 3 is 2.94 bits per heavy atom. The third-order valence-electron chi connectivity index (χ3n) is 2.60. The molecule has 0 N–H and O–H groups in total. The Morgan fingerprint density at radius 2 is 2.25 bits per heavy atom. The average Bonchev–Trinajstić information content (AvgIpc) is 2.26. The van der Waals surface area contributed by atoms with Crippen LogP contribution in [0, 0.1) is 11.3 Å². The second-order valence-corrected chi connectivity index (χ2v) is 4.52. The van der Waals surface area contributed by atoms with Gasteiger partial charge in [0.25, 0.3) is 0 Å². The van der Waals surface area contributed by atoms with Gasteiger partial charge in [0.2, 0.25) is 5.91 Å². The number of hydrogen-bond acceptors (Lipinski definition) is 3. The van der Waals surface area contributed by atoms with Crippen LogP contribution in [0.5, 0.6) is 0 Å². The topological polar surface area (TPSA) is 47.3 Å². The fourth-order valence-corrected chi connectivity index (χ4v) is 2.10. The molecule has 0 saturated heterocycles. The van der Waals surface area contributed by atoms with Crippen molar-refractivity contribution in [3.8, 4) is 6.07 Å². The molecule has 0 atom stereocenters. The number of benzene rings is 1. The molecule has 4 nitrogen and oxygen atoms in total. The minimum atomic E-state index is 0.00470. The standard InChI is InChI=1S/C11H10BrN3O/c1-14-9-3-2-8(12)6-10(9)15(5-4-13)7-11(14)16/h2-3,6H,5,7H2,1H3. The van der Waals surface area contributed by atoms with E-state index in [2.05, 4.69) is 22.0 Å². The van der Waals surface area contributed by atoms with Crippen LogP contribution in [0.15, 0.2) is 22.7 Å². The lowest BCUT2D eigenvalue weighted by Gasteiger charge is -2.34. The van der Waals surface area contributed by atoms with Crippen LogP contribution in [0.1, 0.15) is 0 Å². The molecule has 0 aliphatic carbocycles. The number of fused-ring (bicyclic) bond motifs is 1. The highest BCUT2D eigenvalue weighted by Crippen LogP contribution is 2.34. The summed E-state index contributed by atoms with van der Waals surface area (Å²) in [5.74, 6) is 0.00470. The molecule has 1 amide bonds. The van der Waals surface area contributed by atoms with Crippen LogP contribution in [-0.4, -0.2) is 26.0 Å². The molecule has 1 heterocycles. The lowest BCUT2D eigenvalue weighted by atomic mass is 10.1.